The second kappa shape index (κ2) is 17.3. The third-order valence-corrected chi connectivity index (χ3v) is 5.12. The summed E-state index contributed by atoms with van der Waals surface area (Å²) in [7, 11) is 0. The van der Waals surface area contributed by atoms with Crippen LogP contribution in [-0.2, 0) is 24.0 Å². The molecule has 3 amide bonds. The van der Waals surface area contributed by atoms with Gasteiger partial charge < -0.3 is 54.8 Å². The minimum atomic E-state index is -1.62. The molecule has 0 radical (unpaired) electrons. The van der Waals surface area contributed by atoms with E-state index in [2.05, 4.69) is 25.9 Å². The van der Waals surface area contributed by atoms with E-state index in [1.165, 1.54) is 0 Å². The van der Waals surface area contributed by atoms with Gasteiger partial charge in [0, 0.05) is 13.1 Å². The molecule has 17 heteroatoms. The summed E-state index contributed by atoms with van der Waals surface area (Å²) in [5.74, 6) is -6.11. The summed E-state index contributed by atoms with van der Waals surface area (Å²) in [5.41, 5.74) is 27.0. The number of rotatable bonds is 18. The first kappa shape index (κ1) is 33.8. The third kappa shape index (κ3) is 14.4. The van der Waals surface area contributed by atoms with Gasteiger partial charge in [-0.3, -0.25) is 29.2 Å². The Balaban J connectivity index is 5.58. The Morgan fingerprint density at radius 1 is 0.737 bits per heavy atom. The van der Waals surface area contributed by atoms with Crippen LogP contribution in [0.3, 0.4) is 0 Å². The monoisotopic (exact) mass is 544 g/mol. The zero-order chi connectivity index (χ0) is 29.4. The maximum atomic E-state index is 13.0. The fraction of sp³-hybridized carbons (Fsp3) is 0.667. The molecule has 4 atom stereocenters. The lowest BCUT2D eigenvalue weighted by atomic mass is 10.0. The number of nitrogens with zero attached hydrogens (tertiary/aromatic N) is 2. The van der Waals surface area contributed by atoms with E-state index in [1.807, 2.05) is 0 Å². The SMILES string of the molecule is CC(C)C(NC(=O)C(CC(=O)O)NC(=O)C(CCCN=C(N)N)NC(=O)C(N)CCCN=C(N)N)C(=O)O. The van der Waals surface area contributed by atoms with E-state index in [9.17, 15) is 34.2 Å². The second-order valence-corrected chi connectivity index (χ2v) is 8.79. The topological polar surface area (TPSA) is 317 Å². The number of nitrogens with two attached hydrogens (primary N) is 5. The fourth-order valence-corrected chi connectivity index (χ4v) is 3.13. The Morgan fingerprint density at radius 2 is 1.21 bits per heavy atom. The smallest absolute Gasteiger partial charge is 0.326 e. The number of nitrogens with one attached hydrogen (secondary N) is 3. The van der Waals surface area contributed by atoms with E-state index < -0.39 is 66.2 Å². The van der Waals surface area contributed by atoms with Crippen molar-refractivity contribution in [1.29, 1.82) is 0 Å². The van der Waals surface area contributed by atoms with E-state index in [0.717, 1.165) is 0 Å². The number of carboxylic acid groups (broad SMARTS) is 2. The van der Waals surface area contributed by atoms with Gasteiger partial charge in [-0.25, -0.2) is 4.79 Å². The van der Waals surface area contributed by atoms with Crippen LogP contribution in [0.2, 0.25) is 0 Å². The average molecular weight is 545 g/mol. The molecule has 0 aromatic heterocycles. The molecule has 0 rings (SSSR count). The first-order valence-corrected chi connectivity index (χ1v) is 11.9. The molecule has 0 bridgehead atoms. The maximum absolute atomic E-state index is 13.0. The molecule has 0 aliphatic rings. The van der Waals surface area contributed by atoms with Crippen LogP contribution in [0.4, 0.5) is 0 Å². The molecule has 15 N–H and O–H groups in total. The summed E-state index contributed by atoms with van der Waals surface area (Å²) in [6.07, 6.45) is -0.00247. The molecule has 0 aromatic carbocycles. The van der Waals surface area contributed by atoms with Crippen molar-refractivity contribution in [3.8, 4) is 0 Å². The number of aliphatic carboxylic acids is 2. The summed E-state index contributed by atoms with van der Waals surface area (Å²) >= 11 is 0. The van der Waals surface area contributed by atoms with Crippen LogP contribution >= 0.6 is 0 Å². The Kier molecular flexibility index (Phi) is 15.4. The van der Waals surface area contributed by atoms with Gasteiger partial charge in [0.1, 0.15) is 18.1 Å². The molecule has 0 aromatic rings. The predicted molar refractivity (Wildman–Crippen MR) is 138 cm³/mol. The highest BCUT2D eigenvalue weighted by atomic mass is 16.4. The Hall–Kier alpha value is -4.15. The van der Waals surface area contributed by atoms with Gasteiger partial charge in [-0.2, -0.15) is 0 Å². The van der Waals surface area contributed by atoms with E-state index in [1.54, 1.807) is 13.8 Å². The largest absolute Gasteiger partial charge is 0.481 e. The number of carbonyl (C=O) groups excluding carboxylic acids is 3. The number of hydrogen-bond acceptors (Lipinski definition) is 8. The van der Waals surface area contributed by atoms with Crippen LogP contribution in [0.25, 0.3) is 0 Å². The van der Waals surface area contributed by atoms with Gasteiger partial charge in [-0.1, -0.05) is 13.8 Å². The van der Waals surface area contributed by atoms with Crippen LogP contribution < -0.4 is 44.6 Å². The zero-order valence-corrected chi connectivity index (χ0v) is 21.6. The summed E-state index contributed by atoms with van der Waals surface area (Å²) in [6.45, 7) is 3.46. The fourth-order valence-electron chi connectivity index (χ4n) is 3.13. The highest BCUT2D eigenvalue weighted by Crippen LogP contribution is 2.06. The minimum absolute atomic E-state index is 0.0141. The van der Waals surface area contributed by atoms with Crippen molar-refractivity contribution in [2.45, 2.75) is 70.1 Å². The van der Waals surface area contributed by atoms with Crippen LogP contribution in [0.1, 0.15) is 46.0 Å². The highest BCUT2D eigenvalue weighted by molar-refractivity contribution is 5.95. The van der Waals surface area contributed by atoms with Gasteiger partial charge in [0.15, 0.2) is 11.9 Å². The van der Waals surface area contributed by atoms with Crippen molar-refractivity contribution in [3.63, 3.8) is 0 Å². The first-order chi connectivity index (χ1) is 17.6. The number of carboxylic acids is 2. The molecule has 38 heavy (non-hydrogen) atoms. The van der Waals surface area contributed by atoms with Gasteiger partial charge >= 0.3 is 11.9 Å². The number of carbonyl (C=O) groups is 5. The molecule has 0 spiro atoms. The number of amides is 3. The standard InChI is InChI=1S/C21H40N10O7/c1-10(2)15(19(37)38)31-18(36)13(9-14(32)33)30-17(35)12(6-4-8-28-21(25)26)29-16(34)11(22)5-3-7-27-20(23)24/h10-13,15H,3-9,22H2,1-2H3,(H,29,34)(H,30,35)(H,31,36)(H,32,33)(H,37,38)(H4,23,24,27)(H4,25,26,28). The zero-order valence-electron chi connectivity index (χ0n) is 21.6. The lowest BCUT2D eigenvalue weighted by Crippen LogP contribution is -2.58. The summed E-state index contributed by atoms with van der Waals surface area (Å²) in [5, 5.41) is 25.5. The summed E-state index contributed by atoms with van der Waals surface area (Å²) < 4.78 is 0. The molecular weight excluding hydrogens is 504 g/mol. The quantitative estimate of drug-likeness (QED) is 0.0449. The van der Waals surface area contributed by atoms with Crippen molar-refractivity contribution in [2.24, 2.45) is 44.6 Å². The van der Waals surface area contributed by atoms with Crippen molar-refractivity contribution in [2.75, 3.05) is 13.1 Å². The Morgan fingerprint density at radius 3 is 1.66 bits per heavy atom. The van der Waals surface area contributed by atoms with E-state index in [-0.39, 0.29) is 44.3 Å². The van der Waals surface area contributed by atoms with Gasteiger partial charge in [-0.05, 0) is 31.6 Å². The van der Waals surface area contributed by atoms with Crippen molar-refractivity contribution in [1.82, 2.24) is 16.0 Å². The average Bonchev–Trinajstić information content (AvgIpc) is 2.80. The van der Waals surface area contributed by atoms with Crippen molar-refractivity contribution in [3.05, 3.63) is 0 Å². The van der Waals surface area contributed by atoms with E-state index >= 15 is 0 Å². The number of hydrogen-bond donors (Lipinski definition) is 10. The molecule has 216 valence electrons. The number of guanidine groups is 2. The molecule has 0 fully saturated rings. The van der Waals surface area contributed by atoms with Gasteiger partial charge in [0.25, 0.3) is 0 Å². The highest BCUT2D eigenvalue weighted by Gasteiger charge is 2.32. The van der Waals surface area contributed by atoms with Gasteiger partial charge in [-0.15, -0.1) is 0 Å². The maximum Gasteiger partial charge on any atom is 0.326 e. The normalized spacial score (nSPS) is 13.8. The van der Waals surface area contributed by atoms with E-state index in [4.69, 9.17) is 28.7 Å². The van der Waals surface area contributed by atoms with Crippen LogP contribution in [0.5, 0.6) is 0 Å². The Labute approximate surface area is 220 Å². The number of aliphatic imine (C=N–C) groups is 2. The van der Waals surface area contributed by atoms with Crippen molar-refractivity contribution >= 4 is 41.6 Å². The molecule has 0 aliphatic heterocycles. The molecular formula is C21H40N10O7. The molecule has 0 heterocycles. The van der Waals surface area contributed by atoms with Gasteiger partial charge in [0.2, 0.25) is 17.7 Å². The molecule has 4 unspecified atom stereocenters. The lowest BCUT2D eigenvalue weighted by Gasteiger charge is -2.25. The summed E-state index contributed by atoms with van der Waals surface area (Å²) in [6, 6.07) is -5.18. The van der Waals surface area contributed by atoms with Crippen LogP contribution in [-0.4, -0.2) is 89.0 Å². The molecule has 0 aliphatic carbocycles. The van der Waals surface area contributed by atoms with Crippen LogP contribution in [0.15, 0.2) is 9.98 Å². The third-order valence-electron chi connectivity index (χ3n) is 5.12. The molecule has 0 saturated carbocycles. The van der Waals surface area contributed by atoms with Crippen LogP contribution in [0, 0.1) is 5.92 Å². The van der Waals surface area contributed by atoms with Gasteiger partial charge in [0.05, 0.1) is 12.5 Å². The summed E-state index contributed by atoms with van der Waals surface area (Å²) in [4.78, 5) is 68.7. The predicted octanol–water partition coefficient (Wildman–Crippen LogP) is -3.91. The second-order valence-electron chi connectivity index (χ2n) is 8.79. The minimum Gasteiger partial charge on any atom is -0.481 e. The van der Waals surface area contributed by atoms with Crippen molar-refractivity contribution < 1.29 is 34.2 Å². The Bertz CT molecular complexity index is 886. The molecule has 17 nitrogen and oxygen atoms in total. The first-order valence-electron chi connectivity index (χ1n) is 11.9. The molecule has 0 saturated heterocycles. The van der Waals surface area contributed by atoms with E-state index in [0.29, 0.717) is 6.42 Å². The lowest BCUT2D eigenvalue weighted by molar-refractivity contribution is -0.144.